The zero-order valence-electron chi connectivity index (χ0n) is 17.4. The summed E-state index contributed by atoms with van der Waals surface area (Å²) >= 11 is 0. The fourth-order valence-electron chi connectivity index (χ4n) is 4.59. The third-order valence-corrected chi connectivity index (χ3v) is 6.06. The summed E-state index contributed by atoms with van der Waals surface area (Å²) in [7, 11) is 0. The number of nitrogens with zero attached hydrogens (tertiary/aromatic N) is 3. The second kappa shape index (κ2) is 7.58. The van der Waals surface area contributed by atoms with Gasteiger partial charge in [-0.05, 0) is 58.3 Å². The van der Waals surface area contributed by atoms with Crippen molar-refractivity contribution in [3.05, 3.63) is 96.6 Å². The van der Waals surface area contributed by atoms with E-state index in [1.54, 1.807) is 0 Å². The first-order chi connectivity index (χ1) is 16.1. The minimum absolute atomic E-state index is 0. The van der Waals surface area contributed by atoms with Crippen molar-refractivity contribution < 1.29 is 25.3 Å². The molecule has 6 heteroatoms. The van der Waals surface area contributed by atoms with E-state index in [-0.39, 0.29) is 16.5 Å². The molecule has 0 saturated carbocycles. The Balaban J connectivity index is 0.00000217. The van der Waals surface area contributed by atoms with Crippen molar-refractivity contribution in [1.82, 2.24) is 15.0 Å². The van der Waals surface area contributed by atoms with Crippen LogP contribution in [-0.2, 0) is 16.5 Å². The standard InChI is InChI=1S/C28H13F2N3.Ni/c29-17-11-19-20-12-18(30)14-22-26-9-3-7-24(32-26)16-5-1-4-15(10-16)23-6-2-8-25(31-23)21(13-17)27(19)33-28(20)22;/h1-9,11-14H;/q-2;+2. The van der Waals surface area contributed by atoms with E-state index in [4.69, 9.17) is 15.0 Å². The van der Waals surface area contributed by atoms with Gasteiger partial charge in [0.05, 0.1) is 11.4 Å². The first-order valence-electron chi connectivity index (χ1n) is 10.5. The molecule has 0 radical (unpaired) electrons. The zero-order valence-corrected chi connectivity index (χ0v) is 18.4. The van der Waals surface area contributed by atoms with Crippen molar-refractivity contribution in [3.63, 3.8) is 0 Å². The largest absolute Gasteiger partial charge is 2.00 e. The van der Waals surface area contributed by atoms with Crippen LogP contribution in [0.2, 0.25) is 0 Å². The first kappa shape index (κ1) is 20.7. The van der Waals surface area contributed by atoms with Crippen LogP contribution in [0.1, 0.15) is 0 Å². The fraction of sp³-hybridized carbons (Fsp3) is 0. The van der Waals surface area contributed by atoms with Gasteiger partial charge in [-0.3, -0.25) is 9.97 Å². The number of rotatable bonds is 0. The molecule has 3 aromatic heterocycles. The Hall–Kier alpha value is -3.89. The van der Waals surface area contributed by atoms with Crippen LogP contribution in [0.3, 0.4) is 0 Å². The SMILES string of the molecule is Fc1cc2c3[n-]c4c(cc(F)cc4c3c1)-c1cccc(n1)-c1[c-]c(ccc1)-c1cccc-2n1.[Ni+2]. The summed E-state index contributed by atoms with van der Waals surface area (Å²) in [5.74, 6) is -0.856. The van der Waals surface area contributed by atoms with Crippen LogP contribution >= 0.6 is 0 Å². The van der Waals surface area contributed by atoms with Gasteiger partial charge in [0.25, 0.3) is 0 Å². The monoisotopic (exact) mass is 487 g/mol. The van der Waals surface area contributed by atoms with Gasteiger partial charge in [-0.1, -0.05) is 35.4 Å². The van der Waals surface area contributed by atoms with Crippen molar-refractivity contribution >= 4 is 21.8 Å². The number of fused-ring (bicyclic) bond motifs is 11. The predicted octanol–water partition coefficient (Wildman–Crippen LogP) is 6.80. The number of pyridine rings is 2. The van der Waals surface area contributed by atoms with E-state index >= 15 is 0 Å². The molecule has 0 N–H and O–H groups in total. The summed E-state index contributed by atoms with van der Waals surface area (Å²) in [5, 5.41) is 1.09. The van der Waals surface area contributed by atoms with Gasteiger partial charge in [0.2, 0.25) is 0 Å². The van der Waals surface area contributed by atoms with Crippen LogP contribution in [-0.4, -0.2) is 9.97 Å². The van der Waals surface area contributed by atoms with Gasteiger partial charge in [-0.15, -0.1) is 35.3 Å². The quantitative estimate of drug-likeness (QED) is 0.174. The van der Waals surface area contributed by atoms with Crippen molar-refractivity contribution in [2.75, 3.05) is 0 Å². The molecule has 6 aromatic rings. The Morgan fingerprint density at radius 3 is 1.53 bits per heavy atom. The molecule has 0 fully saturated rings. The van der Waals surface area contributed by atoms with Crippen LogP contribution in [0, 0.1) is 17.7 Å². The van der Waals surface area contributed by atoms with E-state index in [1.165, 1.54) is 24.3 Å². The van der Waals surface area contributed by atoms with Crippen molar-refractivity contribution in [3.8, 4) is 45.0 Å². The predicted molar refractivity (Wildman–Crippen MR) is 124 cm³/mol. The van der Waals surface area contributed by atoms with E-state index in [0.717, 1.165) is 11.1 Å². The van der Waals surface area contributed by atoms with Crippen LogP contribution in [0.25, 0.3) is 66.8 Å². The molecule has 1 aliphatic rings. The van der Waals surface area contributed by atoms with E-state index in [0.29, 0.717) is 55.7 Å². The molecular weight excluding hydrogens is 475 g/mol. The van der Waals surface area contributed by atoms with E-state index in [9.17, 15) is 8.78 Å². The van der Waals surface area contributed by atoms with E-state index < -0.39 is 11.6 Å². The molecule has 0 aliphatic carbocycles. The molecule has 3 aromatic carbocycles. The number of hydrogen-bond donors (Lipinski definition) is 0. The van der Waals surface area contributed by atoms with Crippen LogP contribution in [0.5, 0.6) is 0 Å². The maximum Gasteiger partial charge on any atom is 2.00 e. The third kappa shape index (κ3) is 3.07. The van der Waals surface area contributed by atoms with E-state index in [1.807, 2.05) is 54.6 Å². The molecular formula is C28H13F2N3Ni. The van der Waals surface area contributed by atoms with Crippen molar-refractivity contribution in [2.24, 2.45) is 0 Å². The molecule has 0 saturated heterocycles. The topological polar surface area (TPSA) is 39.9 Å². The molecule has 4 heterocycles. The van der Waals surface area contributed by atoms with Gasteiger partial charge in [-0.25, -0.2) is 8.78 Å². The van der Waals surface area contributed by atoms with Gasteiger partial charge in [-0.2, -0.15) is 0 Å². The van der Waals surface area contributed by atoms with Gasteiger partial charge in [0, 0.05) is 11.4 Å². The smallest absolute Gasteiger partial charge is 0.656 e. The molecule has 34 heavy (non-hydrogen) atoms. The maximum atomic E-state index is 14.8. The summed E-state index contributed by atoms with van der Waals surface area (Å²) in [4.78, 5) is 14.5. The summed E-state index contributed by atoms with van der Waals surface area (Å²) in [6.07, 6.45) is 0. The molecule has 0 unspecified atom stereocenters. The molecule has 0 atom stereocenters. The number of benzene rings is 3. The fourth-order valence-corrected chi connectivity index (χ4v) is 4.59. The Morgan fingerprint density at radius 1 is 0.588 bits per heavy atom. The Labute approximate surface area is 203 Å². The minimum atomic E-state index is -0.428. The average Bonchev–Trinajstić information content (AvgIpc) is 3.21. The van der Waals surface area contributed by atoms with E-state index in [2.05, 4.69) is 6.07 Å². The molecule has 164 valence electrons. The van der Waals surface area contributed by atoms with Crippen molar-refractivity contribution in [2.45, 2.75) is 0 Å². The summed E-state index contributed by atoms with van der Waals surface area (Å²) in [6.45, 7) is 0. The number of aromatic nitrogens is 3. The summed E-state index contributed by atoms with van der Waals surface area (Å²) < 4.78 is 29.5. The van der Waals surface area contributed by atoms with Crippen LogP contribution in [0.15, 0.2) is 78.9 Å². The third-order valence-electron chi connectivity index (χ3n) is 6.06. The maximum absolute atomic E-state index is 14.8. The summed E-state index contributed by atoms with van der Waals surface area (Å²) in [6, 6.07) is 26.1. The van der Waals surface area contributed by atoms with Gasteiger partial charge < -0.3 is 4.98 Å². The molecule has 7 rings (SSSR count). The molecule has 0 amide bonds. The van der Waals surface area contributed by atoms with Crippen molar-refractivity contribution in [1.29, 1.82) is 0 Å². The molecule has 0 spiro atoms. The zero-order chi connectivity index (χ0) is 22.1. The Bertz CT molecular complexity index is 1630. The second-order valence-corrected chi connectivity index (χ2v) is 8.11. The second-order valence-electron chi connectivity index (χ2n) is 8.11. The molecule has 1 aliphatic heterocycles. The summed E-state index contributed by atoms with van der Waals surface area (Å²) in [5.41, 5.74) is 6.48. The normalized spacial score (nSPS) is 11.6. The minimum Gasteiger partial charge on any atom is -0.656 e. The van der Waals surface area contributed by atoms with Gasteiger partial charge in [0.1, 0.15) is 11.6 Å². The average molecular weight is 488 g/mol. The first-order valence-corrected chi connectivity index (χ1v) is 10.5. The van der Waals surface area contributed by atoms with Gasteiger partial charge in [0.15, 0.2) is 0 Å². The Kier molecular flexibility index (Phi) is 4.61. The Morgan fingerprint density at radius 2 is 1.03 bits per heavy atom. The van der Waals surface area contributed by atoms with Gasteiger partial charge >= 0.3 is 16.5 Å². The number of halogens is 2. The van der Waals surface area contributed by atoms with Crippen LogP contribution < -0.4 is 4.98 Å². The molecule has 3 nitrogen and oxygen atoms in total. The molecule has 8 bridgehead atoms. The number of hydrogen-bond acceptors (Lipinski definition) is 2. The van der Waals surface area contributed by atoms with Crippen LogP contribution in [0.4, 0.5) is 8.78 Å².